The van der Waals surface area contributed by atoms with Crippen molar-refractivity contribution in [2.24, 2.45) is 5.92 Å². The molecule has 0 aliphatic heterocycles. The molecule has 0 heterocycles. The molecule has 1 rings (SSSR count). The molecule has 114 valence electrons. The quantitative estimate of drug-likeness (QED) is 0.767. The lowest BCUT2D eigenvalue weighted by atomic mass is 9.89. The van der Waals surface area contributed by atoms with E-state index in [1.165, 1.54) is 0 Å². The maximum absolute atomic E-state index is 10.0. The first-order valence-electron chi connectivity index (χ1n) is 7.54. The van der Waals surface area contributed by atoms with Crippen molar-refractivity contribution in [3.8, 4) is 0 Å². The molecule has 0 saturated heterocycles. The second-order valence-electron chi connectivity index (χ2n) is 6.27. The number of rotatable bonds is 8. The highest BCUT2D eigenvalue weighted by Gasteiger charge is 2.32. The molecule has 0 spiro atoms. The molecule has 0 bridgehead atoms. The van der Waals surface area contributed by atoms with E-state index in [4.69, 9.17) is 0 Å². The van der Waals surface area contributed by atoms with Crippen LogP contribution in [-0.2, 0) is 5.54 Å². The van der Waals surface area contributed by atoms with Gasteiger partial charge in [0.1, 0.15) is 0 Å². The largest absolute Gasteiger partial charge is 0.394 e. The summed E-state index contributed by atoms with van der Waals surface area (Å²) in [7, 11) is 1.93. The molecular formula is C17H30N2O. The Kier molecular flexibility index (Phi) is 6.66. The minimum absolute atomic E-state index is 0.0921. The van der Waals surface area contributed by atoms with Gasteiger partial charge in [0.2, 0.25) is 0 Å². The molecule has 0 radical (unpaired) electrons. The molecule has 0 saturated carbocycles. The smallest absolute Gasteiger partial charge is 0.0795 e. The Morgan fingerprint density at radius 3 is 2.15 bits per heavy atom. The van der Waals surface area contributed by atoms with Crippen molar-refractivity contribution in [2.75, 3.05) is 26.7 Å². The van der Waals surface area contributed by atoms with E-state index < -0.39 is 5.54 Å². The Bertz CT molecular complexity index is 372. The maximum Gasteiger partial charge on any atom is 0.0795 e. The summed E-state index contributed by atoms with van der Waals surface area (Å²) in [4.78, 5) is 2.43. The lowest BCUT2D eigenvalue weighted by Crippen LogP contribution is -2.54. The molecule has 0 amide bonds. The van der Waals surface area contributed by atoms with Crippen LogP contribution in [0.2, 0.25) is 0 Å². The van der Waals surface area contributed by atoms with Gasteiger partial charge in [0.15, 0.2) is 0 Å². The summed E-state index contributed by atoms with van der Waals surface area (Å²) in [6.45, 7) is 10.8. The third kappa shape index (κ3) is 4.30. The number of nitrogens with zero attached hydrogens (tertiary/aromatic N) is 1. The van der Waals surface area contributed by atoms with Crippen LogP contribution >= 0.6 is 0 Å². The molecule has 3 nitrogen and oxygen atoms in total. The first-order chi connectivity index (χ1) is 9.45. The highest BCUT2D eigenvalue weighted by atomic mass is 16.3. The fraction of sp³-hybridized carbons (Fsp3) is 0.647. The topological polar surface area (TPSA) is 35.5 Å². The Hall–Kier alpha value is -0.900. The van der Waals surface area contributed by atoms with Crippen LogP contribution in [0, 0.1) is 5.92 Å². The summed E-state index contributed by atoms with van der Waals surface area (Å²) in [5.74, 6) is 0.612. The minimum atomic E-state index is -0.402. The lowest BCUT2D eigenvalue weighted by Gasteiger charge is -2.40. The van der Waals surface area contributed by atoms with E-state index in [-0.39, 0.29) is 6.61 Å². The SMILES string of the molecule is CNC(CO)(CN(CC(C)C)C(C)C)c1ccccc1. The van der Waals surface area contributed by atoms with E-state index >= 15 is 0 Å². The van der Waals surface area contributed by atoms with E-state index in [2.05, 4.69) is 50.0 Å². The van der Waals surface area contributed by atoms with Crippen LogP contribution in [0.25, 0.3) is 0 Å². The maximum atomic E-state index is 10.0. The summed E-state index contributed by atoms with van der Waals surface area (Å²) in [5, 5.41) is 13.4. The molecule has 1 unspecified atom stereocenters. The summed E-state index contributed by atoms with van der Waals surface area (Å²) in [6, 6.07) is 10.7. The van der Waals surface area contributed by atoms with Crippen molar-refractivity contribution in [3.63, 3.8) is 0 Å². The van der Waals surface area contributed by atoms with Crippen molar-refractivity contribution >= 4 is 0 Å². The molecule has 1 aromatic carbocycles. The summed E-state index contributed by atoms with van der Waals surface area (Å²) >= 11 is 0. The van der Waals surface area contributed by atoms with Crippen LogP contribution in [0.15, 0.2) is 30.3 Å². The number of likely N-dealkylation sites (N-methyl/N-ethyl adjacent to an activating group) is 1. The summed E-state index contributed by atoms with van der Waals surface area (Å²) in [5.41, 5.74) is 0.736. The first kappa shape index (κ1) is 17.2. The normalized spacial score (nSPS) is 15.1. The number of aliphatic hydroxyl groups excluding tert-OH is 1. The summed E-state index contributed by atoms with van der Waals surface area (Å²) in [6.07, 6.45) is 0. The van der Waals surface area contributed by atoms with E-state index in [0.29, 0.717) is 12.0 Å². The zero-order valence-electron chi connectivity index (χ0n) is 13.6. The second kappa shape index (κ2) is 7.77. The van der Waals surface area contributed by atoms with Gasteiger partial charge >= 0.3 is 0 Å². The van der Waals surface area contributed by atoms with Crippen LogP contribution in [0.5, 0.6) is 0 Å². The van der Waals surface area contributed by atoms with Crippen molar-refractivity contribution in [2.45, 2.75) is 39.3 Å². The van der Waals surface area contributed by atoms with Gasteiger partial charge in [-0.2, -0.15) is 0 Å². The molecule has 2 N–H and O–H groups in total. The van der Waals surface area contributed by atoms with Gasteiger partial charge in [-0.15, -0.1) is 0 Å². The molecule has 1 atom stereocenters. The van der Waals surface area contributed by atoms with Gasteiger partial charge in [-0.05, 0) is 32.4 Å². The minimum Gasteiger partial charge on any atom is -0.394 e. The lowest BCUT2D eigenvalue weighted by molar-refractivity contribution is 0.0883. The number of aliphatic hydroxyl groups is 1. The highest BCUT2D eigenvalue weighted by molar-refractivity contribution is 5.25. The number of benzene rings is 1. The van der Waals surface area contributed by atoms with Crippen molar-refractivity contribution < 1.29 is 5.11 Å². The molecule has 0 aromatic heterocycles. The van der Waals surface area contributed by atoms with Gasteiger partial charge < -0.3 is 10.4 Å². The van der Waals surface area contributed by atoms with Crippen LogP contribution in [0.1, 0.15) is 33.3 Å². The monoisotopic (exact) mass is 278 g/mol. The summed E-state index contributed by atoms with van der Waals surface area (Å²) < 4.78 is 0. The van der Waals surface area contributed by atoms with Crippen LogP contribution in [0.4, 0.5) is 0 Å². The molecular weight excluding hydrogens is 248 g/mol. The first-order valence-corrected chi connectivity index (χ1v) is 7.54. The van der Waals surface area contributed by atoms with Gasteiger partial charge in [0.25, 0.3) is 0 Å². The molecule has 0 fully saturated rings. The van der Waals surface area contributed by atoms with E-state index in [9.17, 15) is 5.11 Å². The van der Waals surface area contributed by atoms with Crippen molar-refractivity contribution in [1.82, 2.24) is 10.2 Å². The molecule has 3 heteroatoms. The predicted molar refractivity (Wildman–Crippen MR) is 85.8 cm³/mol. The number of hydrogen-bond donors (Lipinski definition) is 2. The highest BCUT2D eigenvalue weighted by Crippen LogP contribution is 2.23. The van der Waals surface area contributed by atoms with Crippen LogP contribution in [0.3, 0.4) is 0 Å². The predicted octanol–water partition coefficient (Wildman–Crippen LogP) is 2.46. The van der Waals surface area contributed by atoms with Gasteiger partial charge in [-0.3, -0.25) is 4.90 Å². The third-order valence-electron chi connectivity index (χ3n) is 3.88. The fourth-order valence-corrected chi connectivity index (χ4v) is 2.57. The fourth-order valence-electron chi connectivity index (χ4n) is 2.57. The van der Waals surface area contributed by atoms with Gasteiger partial charge in [0, 0.05) is 19.1 Å². The Morgan fingerprint density at radius 2 is 1.75 bits per heavy atom. The van der Waals surface area contributed by atoms with Gasteiger partial charge in [-0.1, -0.05) is 44.2 Å². The zero-order valence-corrected chi connectivity index (χ0v) is 13.6. The van der Waals surface area contributed by atoms with Crippen LogP contribution in [-0.4, -0.2) is 42.8 Å². The Morgan fingerprint density at radius 1 is 1.15 bits per heavy atom. The average molecular weight is 278 g/mol. The zero-order chi connectivity index (χ0) is 15.2. The second-order valence-corrected chi connectivity index (χ2v) is 6.27. The van der Waals surface area contributed by atoms with E-state index in [1.54, 1.807) is 0 Å². The third-order valence-corrected chi connectivity index (χ3v) is 3.88. The standard InChI is InChI=1S/C17H30N2O/c1-14(2)11-19(15(3)4)12-17(13-20,18-5)16-9-7-6-8-10-16/h6-10,14-15,18,20H,11-13H2,1-5H3. The van der Waals surface area contributed by atoms with E-state index in [1.807, 2.05) is 25.2 Å². The Labute approximate surface area is 124 Å². The molecule has 0 aliphatic carbocycles. The Balaban J connectivity index is 3.01. The van der Waals surface area contributed by atoms with Crippen LogP contribution < -0.4 is 5.32 Å². The number of nitrogens with one attached hydrogen (secondary N) is 1. The molecule has 1 aromatic rings. The van der Waals surface area contributed by atoms with Crippen molar-refractivity contribution in [3.05, 3.63) is 35.9 Å². The van der Waals surface area contributed by atoms with Gasteiger partial charge in [-0.25, -0.2) is 0 Å². The van der Waals surface area contributed by atoms with Crippen molar-refractivity contribution in [1.29, 1.82) is 0 Å². The number of hydrogen-bond acceptors (Lipinski definition) is 3. The molecule has 0 aliphatic rings. The van der Waals surface area contributed by atoms with Gasteiger partial charge in [0.05, 0.1) is 12.1 Å². The molecule has 20 heavy (non-hydrogen) atoms. The average Bonchev–Trinajstić information content (AvgIpc) is 2.44. The van der Waals surface area contributed by atoms with E-state index in [0.717, 1.165) is 18.7 Å².